The summed E-state index contributed by atoms with van der Waals surface area (Å²) < 4.78 is 0. The summed E-state index contributed by atoms with van der Waals surface area (Å²) in [5.74, 6) is -0.805. The molecule has 20 heavy (non-hydrogen) atoms. The monoisotopic (exact) mass is 282 g/mol. The standard InChI is InChI=1S/C15H26N2O3/c1-2-15(14(19)20)9-6-10-17(15)11-13(18)16-12-7-4-3-5-8-12/h12H,2-11H2,1H3,(H,16,18)(H,19,20). The first kappa shape index (κ1) is 15.3. The molecule has 1 saturated heterocycles. The number of rotatable bonds is 5. The van der Waals surface area contributed by atoms with Crippen LogP contribution in [0.2, 0.25) is 0 Å². The Morgan fingerprint density at radius 1 is 1.25 bits per heavy atom. The summed E-state index contributed by atoms with van der Waals surface area (Å²) in [6.45, 7) is 2.82. The second-order valence-electron chi connectivity index (χ2n) is 6.12. The number of amides is 1. The van der Waals surface area contributed by atoms with Gasteiger partial charge in [0.25, 0.3) is 0 Å². The molecule has 0 bridgehead atoms. The summed E-state index contributed by atoms with van der Waals surface area (Å²) in [4.78, 5) is 25.6. The predicted octanol–water partition coefficient (Wildman–Crippen LogP) is 1.76. The Balaban J connectivity index is 1.90. The van der Waals surface area contributed by atoms with Gasteiger partial charge in [0.15, 0.2) is 0 Å². The molecule has 1 aliphatic carbocycles. The Morgan fingerprint density at radius 3 is 2.55 bits per heavy atom. The molecule has 1 atom stereocenters. The van der Waals surface area contributed by atoms with Crippen LogP contribution in [0.15, 0.2) is 0 Å². The normalized spacial score (nSPS) is 28.4. The molecule has 1 amide bonds. The van der Waals surface area contributed by atoms with Crippen LogP contribution in [0.25, 0.3) is 0 Å². The maximum atomic E-state index is 12.1. The zero-order valence-corrected chi connectivity index (χ0v) is 12.4. The van der Waals surface area contributed by atoms with Crippen LogP contribution in [0.3, 0.4) is 0 Å². The molecule has 2 aliphatic rings. The third-order valence-electron chi connectivity index (χ3n) is 4.91. The molecule has 1 heterocycles. The maximum absolute atomic E-state index is 12.1. The Kier molecular flexibility index (Phi) is 5.02. The average Bonchev–Trinajstić information content (AvgIpc) is 2.83. The molecular weight excluding hydrogens is 256 g/mol. The fourth-order valence-electron chi connectivity index (χ4n) is 3.65. The summed E-state index contributed by atoms with van der Waals surface area (Å²) in [6, 6.07) is 0.291. The molecule has 0 radical (unpaired) electrons. The number of hydrogen-bond acceptors (Lipinski definition) is 3. The molecule has 0 aromatic carbocycles. The Labute approximate surface area is 120 Å². The van der Waals surface area contributed by atoms with Gasteiger partial charge in [-0.3, -0.25) is 14.5 Å². The largest absolute Gasteiger partial charge is 0.480 e. The molecule has 5 nitrogen and oxygen atoms in total. The van der Waals surface area contributed by atoms with Gasteiger partial charge in [-0.15, -0.1) is 0 Å². The summed E-state index contributed by atoms with van der Waals surface area (Å²) >= 11 is 0. The van der Waals surface area contributed by atoms with Gasteiger partial charge in [-0.05, 0) is 38.6 Å². The molecule has 2 rings (SSSR count). The number of hydrogen-bond donors (Lipinski definition) is 2. The van der Waals surface area contributed by atoms with Crippen molar-refractivity contribution in [3.63, 3.8) is 0 Å². The van der Waals surface area contributed by atoms with Gasteiger partial charge >= 0.3 is 5.97 Å². The lowest BCUT2D eigenvalue weighted by molar-refractivity contribution is -0.150. The first-order valence-corrected chi connectivity index (χ1v) is 7.86. The Morgan fingerprint density at radius 2 is 1.95 bits per heavy atom. The van der Waals surface area contributed by atoms with Crippen LogP contribution < -0.4 is 5.32 Å². The van der Waals surface area contributed by atoms with E-state index in [0.29, 0.717) is 25.4 Å². The van der Waals surface area contributed by atoms with Gasteiger partial charge < -0.3 is 10.4 Å². The van der Waals surface area contributed by atoms with E-state index in [0.717, 1.165) is 19.3 Å². The van der Waals surface area contributed by atoms with Crippen molar-refractivity contribution < 1.29 is 14.7 Å². The highest BCUT2D eigenvalue weighted by atomic mass is 16.4. The van der Waals surface area contributed by atoms with Crippen LogP contribution in [0.5, 0.6) is 0 Å². The van der Waals surface area contributed by atoms with Gasteiger partial charge in [-0.2, -0.15) is 0 Å². The van der Waals surface area contributed by atoms with Crippen LogP contribution >= 0.6 is 0 Å². The fraction of sp³-hybridized carbons (Fsp3) is 0.867. The van der Waals surface area contributed by atoms with E-state index in [-0.39, 0.29) is 12.5 Å². The first-order valence-electron chi connectivity index (χ1n) is 7.86. The molecule has 114 valence electrons. The quantitative estimate of drug-likeness (QED) is 0.806. The van der Waals surface area contributed by atoms with Gasteiger partial charge in [-0.1, -0.05) is 26.2 Å². The van der Waals surface area contributed by atoms with E-state index in [1.807, 2.05) is 11.8 Å². The van der Waals surface area contributed by atoms with E-state index in [1.165, 1.54) is 19.3 Å². The minimum absolute atomic E-state index is 0.0159. The summed E-state index contributed by atoms with van der Waals surface area (Å²) in [5, 5.41) is 12.6. The smallest absolute Gasteiger partial charge is 0.324 e. The van der Waals surface area contributed by atoms with Gasteiger partial charge in [0.05, 0.1) is 6.54 Å². The lowest BCUT2D eigenvalue weighted by Gasteiger charge is -2.34. The van der Waals surface area contributed by atoms with Crippen molar-refractivity contribution in [2.75, 3.05) is 13.1 Å². The molecule has 1 saturated carbocycles. The van der Waals surface area contributed by atoms with Crippen molar-refractivity contribution in [3.05, 3.63) is 0 Å². The number of carboxylic acids is 1. The molecule has 2 fully saturated rings. The lowest BCUT2D eigenvalue weighted by atomic mass is 9.93. The highest BCUT2D eigenvalue weighted by molar-refractivity contribution is 5.82. The Bertz CT molecular complexity index is 366. The van der Waals surface area contributed by atoms with Crippen LogP contribution in [-0.2, 0) is 9.59 Å². The van der Waals surface area contributed by atoms with Gasteiger partial charge in [0.2, 0.25) is 5.91 Å². The van der Waals surface area contributed by atoms with E-state index in [2.05, 4.69) is 5.32 Å². The summed E-state index contributed by atoms with van der Waals surface area (Å²) in [5.41, 5.74) is -0.829. The summed E-state index contributed by atoms with van der Waals surface area (Å²) in [6.07, 6.45) is 7.81. The van der Waals surface area contributed by atoms with E-state index < -0.39 is 11.5 Å². The van der Waals surface area contributed by atoms with E-state index in [9.17, 15) is 14.7 Å². The molecule has 0 aromatic heterocycles. The molecule has 0 aromatic rings. The highest BCUT2D eigenvalue weighted by Gasteiger charge is 2.46. The molecule has 0 spiro atoms. The summed E-state index contributed by atoms with van der Waals surface area (Å²) in [7, 11) is 0. The molecule has 1 aliphatic heterocycles. The van der Waals surface area contributed by atoms with Gasteiger partial charge in [0, 0.05) is 6.04 Å². The lowest BCUT2D eigenvalue weighted by Crippen LogP contribution is -2.54. The van der Waals surface area contributed by atoms with E-state index >= 15 is 0 Å². The van der Waals surface area contributed by atoms with Crippen LogP contribution in [0, 0.1) is 0 Å². The number of nitrogens with one attached hydrogen (secondary N) is 1. The molecule has 2 N–H and O–H groups in total. The SMILES string of the molecule is CCC1(C(=O)O)CCCN1CC(=O)NC1CCCCC1. The second kappa shape index (κ2) is 6.57. The first-order chi connectivity index (χ1) is 9.58. The topological polar surface area (TPSA) is 69.6 Å². The number of carbonyl (C=O) groups is 2. The third-order valence-corrected chi connectivity index (χ3v) is 4.91. The van der Waals surface area contributed by atoms with Crippen molar-refractivity contribution in [2.24, 2.45) is 0 Å². The van der Waals surface area contributed by atoms with E-state index in [1.54, 1.807) is 0 Å². The minimum atomic E-state index is -0.829. The second-order valence-corrected chi connectivity index (χ2v) is 6.12. The zero-order valence-electron chi connectivity index (χ0n) is 12.4. The number of carbonyl (C=O) groups excluding carboxylic acids is 1. The van der Waals surface area contributed by atoms with Crippen molar-refractivity contribution in [1.29, 1.82) is 0 Å². The molecule has 1 unspecified atom stereocenters. The maximum Gasteiger partial charge on any atom is 0.324 e. The van der Waals surface area contributed by atoms with Crippen molar-refractivity contribution in [1.82, 2.24) is 10.2 Å². The third kappa shape index (κ3) is 3.14. The van der Waals surface area contributed by atoms with Gasteiger partial charge in [-0.25, -0.2) is 0 Å². The van der Waals surface area contributed by atoms with Crippen LogP contribution in [0.1, 0.15) is 58.3 Å². The average molecular weight is 282 g/mol. The fourth-order valence-corrected chi connectivity index (χ4v) is 3.65. The van der Waals surface area contributed by atoms with Crippen molar-refractivity contribution >= 4 is 11.9 Å². The number of aliphatic carboxylic acids is 1. The van der Waals surface area contributed by atoms with Crippen molar-refractivity contribution in [2.45, 2.75) is 69.9 Å². The van der Waals surface area contributed by atoms with Gasteiger partial charge in [0.1, 0.15) is 5.54 Å². The zero-order chi connectivity index (χ0) is 14.6. The van der Waals surface area contributed by atoms with E-state index in [4.69, 9.17) is 0 Å². The van der Waals surface area contributed by atoms with Crippen LogP contribution in [-0.4, -0.2) is 46.6 Å². The number of carboxylic acid groups (broad SMARTS) is 1. The number of likely N-dealkylation sites (tertiary alicyclic amines) is 1. The van der Waals surface area contributed by atoms with Crippen LogP contribution in [0.4, 0.5) is 0 Å². The van der Waals surface area contributed by atoms with Crippen molar-refractivity contribution in [3.8, 4) is 0 Å². The number of nitrogens with zero attached hydrogens (tertiary/aromatic N) is 1. The Hall–Kier alpha value is -1.10. The predicted molar refractivity (Wildman–Crippen MR) is 76.5 cm³/mol. The molecule has 5 heteroatoms. The minimum Gasteiger partial charge on any atom is -0.480 e. The highest BCUT2D eigenvalue weighted by Crippen LogP contribution is 2.32. The molecular formula is C15H26N2O3.